The highest BCUT2D eigenvalue weighted by molar-refractivity contribution is 7.89. The molecule has 1 unspecified atom stereocenters. The monoisotopic (exact) mass is 368 g/mol. The summed E-state index contributed by atoms with van der Waals surface area (Å²) in [7, 11) is -3.73. The van der Waals surface area contributed by atoms with E-state index in [0.717, 1.165) is 18.0 Å². The van der Waals surface area contributed by atoms with Crippen LogP contribution in [0, 0.1) is 0 Å². The zero-order valence-corrected chi connectivity index (χ0v) is 15.3. The summed E-state index contributed by atoms with van der Waals surface area (Å²) in [5, 5.41) is 9.91. The van der Waals surface area contributed by atoms with Crippen molar-refractivity contribution in [3.05, 3.63) is 46.7 Å². The van der Waals surface area contributed by atoms with Gasteiger partial charge in [0.25, 0.3) is 5.91 Å². The van der Waals surface area contributed by atoms with Crippen molar-refractivity contribution < 1.29 is 18.1 Å². The van der Waals surface area contributed by atoms with E-state index in [1.807, 2.05) is 25.3 Å². The van der Waals surface area contributed by atoms with Crippen molar-refractivity contribution in [3.8, 4) is 0 Å². The normalized spacial score (nSPS) is 14.1. The maximum absolute atomic E-state index is 12.5. The number of rotatable bonds is 7. The summed E-state index contributed by atoms with van der Waals surface area (Å²) in [5.74, 6) is -0.105. The fraction of sp³-hybridized carbons (Fsp3) is 0.312. The lowest BCUT2D eigenvalue weighted by atomic mass is 10.2. The predicted molar refractivity (Wildman–Crippen MR) is 95.4 cm³/mol. The molecule has 24 heavy (non-hydrogen) atoms. The average molecular weight is 369 g/mol. The van der Waals surface area contributed by atoms with E-state index < -0.39 is 10.0 Å². The first-order valence-corrected chi connectivity index (χ1v) is 10.0. The molecule has 0 radical (unpaired) electrons. The van der Waals surface area contributed by atoms with Gasteiger partial charge in [-0.1, -0.05) is 6.07 Å². The molecule has 0 fully saturated rings. The second-order valence-electron chi connectivity index (χ2n) is 5.55. The third-order valence-corrected chi connectivity index (χ3v) is 5.70. The first kappa shape index (κ1) is 18.6. The van der Waals surface area contributed by atoms with E-state index in [1.54, 1.807) is 11.3 Å². The third kappa shape index (κ3) is 4.88. The Kier molecular flexibility index (Phi) is 6.11. The lowest BCUT2D eigenvalue weighted by Crippen LogP contribution is -3.15. The molecule has 1 aromatic heterocycles. The number of nitrogens with two attached hydrogens (primary N) is 1. The summed E-state index contributed by atoms with van der Waals surface area (Å²) in [4.78, 5) is 14.9. The molecule has 2 rings (SSSR count). The van der Waals surface area contributed by atoms with Crippen molar-refractivity contribution in [1.82, 2.24) is 0 Å². The van der Waals surface area contributed by atoms with Crippen LogP contribution in [-0.4, -0.2) is 26.9 Å². The van der Waals surface area contributed by atoms with Crippen molar-refractivity contribution in [2.45, 2.75) is 31.3 Å². The van der Waals surface area contributed by atoms with Gasteiger partial charge in [0.05, 0.1) is 16.3 Å². The maximum atomic E-state index is 12.5. The Morgan fingerprint density at radius 1 is 1.29 bits per heavy atom. The minimum Gasteiger partial charge on any atom is -0.321 e. The first-order valence-electron chi connectivity index (χ1n) is 7.62. The molecule has 1 aromatic carbocycles. The zero-order valence-electron chi connectivity index (χ0n) is 13.7. The summed E-state index contributed by atoms with van der Waals surface area (Å²) in [6.07, 6.45) is 0. The topological polar surface area (TPSA) is 93.7 Å². The summed E-state index contributed by atoms with van der Waals surface area (Å²) in [5.41, 5.74) is 0.547. The van der Waals surface area contributed by atoms with Crippen molar-refractivity contribution >= 4 is 33.0 Å². The predicted octanol–water partition coefficient (Wildman–Crippen LogP) is 0.827. The van der Waals surface area contributed by atoms with Crippen LogP contribution in [-0.2, 0) is 21.4 Å². The van der Waals surface area contributed by atoms with E-state index in [4.69, 9.17) is 5.14 Å². The smallest absolute Gasteiger partial charge is 0.282 e. The van der Waals surface area contributed by atoms with Gasteiger partial charge in [-0.15, -0.1) is 11.3 Å². The number of benzene rings is 1. The first-order chi connectivity index (χ1) is 11.3. The number of carbonyl (C=O) groups excluding carboxylic acids is 1. The van der Waals surface area contributed by atoms with Crippen LogP contribution in [0.5, 0.6) is 0 Å². The van der Waals surface area contributed by atoms with E-state index in [1.165, 1.54) is 29.1 Å². The number of quaternary nitrogens is 1. The van der Waals surface area contributed by atoms with E-state index in [-0.39, 0.29) is 16.8 Å². The molecule has 0 saturated carbocycles. The number of hydrogen-bond donors (Lipinski definition) is 3. The van der Waals surface area contributed by atoms with Gasteiger partial charge in [-0.05, 0) is 49.6 Å². The third-order valence-electron chi connectivity index (χ3n) is 3.89. The number of nitrogens with one attached hydrogen (secondary N) is 2. The fourth-order valence-electron chi connectivity index (χ4n) is 2.39. The number of thiophene rings is 1. The van der Waals surface area contributed by atoms with Crippen LogP contribution in [0.4, 0.5) is 5.69 Å². The summed E-state index contributed by atoms with van der Waals surface area (Å²) in [6, 6.07) is 9.68. The lowest BCUT2D eigenvalue weighted by molar-refractivity contribution is -0.925. The number of primary sulfonamides is 1. The molecular weight excluding hydrogens is 346 g/mol. The Bertz CT molecular complexity index is 771. The van der Waals surface area contributed by atoms with E-state index in [0.29, 0.717) is 5.69 Å². The average Bonchev–Trinajstić information content (AvgIpc) is 3.04. The van der Waals surface area contributed by atoms with E-state index in [2.05, 4.69) is 11.4 Å². The number of anilines is 1. The van der Waals surface area contributed by atoms with Crippen molar-refractivity contribution in [3.63, 3.8) is 0 Å². The molecule has 1 heterocycles. The quantitative estimate of drug-likeness (QED) is 0.676. The molecule has 0 saturated heterocycles. The summed E-state index contributed by atoms with van der Waals surface area (Å²) in [6.45, 7) is 5.57. The number of likely N-dealkylation sites (N-methyl/N-ethyl adjacent to an activating group) is 1. The highest BCUT2D eigenvalue weighted by Gasteiger charge is 2.24. The summed E-state index contributed by atoms with van der Waals surface area (Å²) >= 11 is 1.68. The number of hydrogen-bond acceptors (Lipinski definition) is 4. The van der Waals surface area contributed by atoms with Gasteiger partial charge in [0.2, 0.25) is 10.0 Å². The molecule has 0 aliphatic heterocycles. The molecule has 0 aliphatic carbocycles. The Morgan fingerprint density at radius 3 is 2.46 bits per heavy atom. The van der Waals surface area contributed by atoms with Gasteiger partial charge in [0, 0.05) is 5.69 Å². The zero-order chi connectivity index (χ0) is 17.7. The Hall–Kier alpha value is -1.74. The molecule has 6 nitrogen and oxygen atoms in total. The minimum absolute atomic E-state index is 0.0204. The molecule has 0 spiro atoms. The standard InChI is InChI=1S/C16H21N3O3S2/c1-3-19(11-14-5-4-10-23-14)12(2)16(20)18-13-6-8-15(9-7-13)24(17,21)22/h4-10,12H,3,11H2,1-2H3,(H,18,20)(H2,17,21,22)/p+1/t12-/m0/s1. The van der Waals surface area contributed by atoms with Gasteiger partial charge in [-0.2, -0.15) is 0 Å². The molecule has 2 atom stereocenters. The van der Waals surface area contributed by atoms with Crippen LogP contribution in [0.3, 0.4) is 0 Å². The van der Waals surface area contributed by atoms with E-state index >= 15 is 0 Å². The summed E-state index contributed by atoms with van der Waals surface area (Å²) < 4.78 is 22.5. The Labute approximate surface area is 146 Å². The molecule has 2 aromatic rings. The fourth-order valence-corrected chi connectivity index (χ4v) is 3.66. The molecule has 130 valence electrons. The van der Waals surface area contributed by atoms with Gasteiger partial charge in [0.15, 0.2) is 6.04 Å². The van der Waals surface area contributed by atoms with Crippen LogP contribution in [0.25, 0.3) is 0 Å². The van der Waals surface area contributed by atoms with Crippen molar-refractivity contribution in [2.24, 2.45) is 5.14 Å². The van der Waals surface area contributed by atoms with Crippen LogP contribution >= 0.6 is 11.3 Å². The largest absolute Gasteiger partial charge is 0.321 e. The maximum Gasteiger partial charge on any atom is 0.282 e. The number of sulfonamides is 1. The lowest BCUT2D eigenvalue weighted by Gasteiger charge is -2.23. The molecule has 0 bridgehead atoms. The van der Waals surface area contributed by atoms with E-state index in [9.17, 15) is 13.2 Å². The van der Waals surface area contributed by atoms with Crippen molar-refractivity contribution in [2.75, 3.05) is 11.9 Å². The van der Waals surface area contributed by atoms with Crippen molar-refractivity contribution in [1.29, 1.82) is 0 Å². The van der Waals surface area contributed by atoms with Crippen LogP contribution in [0.15, 0.2) is 46.7 Å². The molecule has 1 amide bonds. The molecule has 8 heteroatoms. The second-order valence-corrected chi connectivity index (χ2v) is 8.14. The van der Waals surface area contributed by atoms with Crippen LogP contribution < -0.4 is 15.4 Å². The second kappa shape index (κ2) is 7.89. The highest BCUT2D eigenvalue weighted by atomic mass is 32.2. The van der Waals surface area contributed by atoms with Gasteiger partial charge >= 0.3 is 0 Å². The number of carbonyl (C=O) groups is 1. The molecule has 4 N–H and O–H groups in total. The van der Waals surface area contributed by atoms with Crippen LogP contribution in [0.1, 0.15) is 18.7 Å². The van der Waals surface area contributed by atoms with Gasteiger partial charge in [0.1, 0.15) is 6.54 Å². The van der Waals surface area contributed by atoms with Crippen LogP contribution in [0.2, 0.25) is 0 Å². The Balaban J connectivity index is 2.02. The molecule has 0 aliphatic rings. The highest BCUT2D eigenvalue weighted by Crippen LogP contribution is 2.13. The van der Waals surface area contributed by atoms with Gasteiger partial charge in [-0.25, -0.2) is 13.6 Å². The minimum atomic E-state index is -3.73. The SMILES string of the molecule is CC[NH+](Cc1cccs1)[C@@H](C)C(=O)Nc1ccc(S(N)(=O)=O)cc1. The van der Waals surface area contributed by atoms with Gasteiger partial charge < -0.3 is 10.2 Å². The number of amides is 1. The van der Waals surface area contributed by atoms with Gasteiger partial charge in [-0.3, -0.25) is 4.79 Å². The Morgan fingerprint density at radius 2 is 1.96 bits per heavy atom. The molecular formula is C16H22N3O3S2+.